The zero-order valence-electron chi connectivity index (χ0n) is 11.7. The number of aromatic nitrogens is 2. The molecule has 0 aliphatic carbocycles. The van der Waals surface area contributed by atoms with Crippen LogP contribution >= 0.6 is 11.6 Å². The Labute approximate surface area is 121 Å². The van der Waals surface area contributed by atoms with E-state index in [2.05, 4.69) is 15.2 Å². The van der Waals surface area contributed by atoms with E-state index in [0.29, 0.717) is 11.4 Å². The maximum Gasteiger partial charge on any atom is 0.411 e. The van der Waals surface area contributed by atoms with E-state index in [1.807, 2.05) is 13.8 Å². The Hall–Kier alpha value is -0.790. The summed E-state index contributed by atoms with van der Waals surface area (Å²) in [6.45, 7) is 2.67. The lowest BCUT2D eigenvalue weighted by Crippen LogP contribution is -2.24. The largest absolute Gasteiger partial charge is 0.411 e. The summed E-state index contributed by atoms with van der Waals surface area (Å²) < 4.78 is 42.4. The summed E-state index contributed by atoms with van der Waals surface area (Å²) in [7, 11) is 1.72. The molecular weight excluding hydrogens is 295 g/mol. The van der Waals surface area contributed by atoms with Crippen molar-refractivity contribution in [3.8, 4) is 0 Å². The van der Waals surface area contributed by atoms with Crippen molar-refractivity contribution in [1.29, 1.82) is 0 Å². The van der Waals surface area contributed by atoms with E-state index in [4.69, 9.17) is 11.6 Å². The molecule has 116 valence electrons. The third-order valence-electron chi connectivity index (χ3n) is 2.77. The Morgan fingerprint density at radius 2 is 2.10 bits per heavy atom. The Bertz CT molecular complexity index is 421. The quantitative estimate of drug-likeness (QED) is 0.785. The Morgan fingerprint density at radius 3 is 2.60 bits per heavy atom. The average molecular weight is 314 g/mol. The molecule has 0 radical (unpaired) electrons. The van der Waals surface area contributed by atoms with Crippen LogP contribution < -0.4 is 5.32 Å². The summed E-state index contributed by atoms with van der Waals surface area (Å²) in [6.07, 6.45) is -2.38. The van der Waals surface area contributed by atoms with E-state index < -0.39 is 12.8 Å². The minimum Gasteiger partial charge on any atom is -0.372 e. The highest BCUT2D eigenvalue weighted by Gasteiger charge is 2.28. The van der Waals surface area contributed by atoms with Gasteiger partial charge in [-0.25, -0.2) is 0 Å². The first kappa shape index (κ1) is 17.3. The second-order valence-corrected chi connectivity index (χ2v) is 5.12. The van der Waals surface area contributed by atoms with E-state index >= 15 is 0 Å². The van der Waals surface area contributed by atoms with E-state index in [1.54, 1.807) is 11.7 Å². The Morgan fingerprint density at radius 1 is 1.45 bits per heavy atom. The van der Waals surface area contributed by atoms with Gasteiger partial charge in [0.25, 0.3) is 0 Å². The lowest BCUT2D eigenvalue weighted by molar-refractivity contribution is -0.174. The first-order valence-electron chi connectivity index (χ1n) is 6.31. The van der Waals surface area contributed by atoms with Gasteiger partial charge in [0, 0.05) is 12.6 Å². The molecule has 20 heavy (non-hydrogen) atoms. The van der Waals surface area contributed by atoms with Gasteiger partial charge >= 0.3 is 6.18 Å². The van der Waals surface area contributed by atoms with E-state index in [-0.39, 0.29) is 18.7 Å². The molecule has 1 rings (SSSR count). The number of hydrogen-bond donors (Lipinski definition) is 1. The Balaban J connectivity index is 2.65. The highest BCUT2D eigenvalue weighted by Crippen LogP contribution is 2.27. The smallest absolute Gasteiger partial charge is 0.372 e. The molecule has 0 saturated heterocycles. The van der Waals surface area contributed by atoms with Crippen molar-refractivity contribution in [3.05, 3.63) is 16.9 Å². The molecule has 0 aliphatic rings. The molecule has 0 spiro atoms. The fraction of sp³-hybridized carbons (Fsp3) is 0.750. The van der Waals surface area contributed by atoms with Gasteiger partial charge in [0.2, 0.25) is 0 Å². The fourth-order valence-electron chi connectivity index (χ4n) is 1.90. The topological polar surface area (TPSA) is 39.1 Å². The molecule has 0 saturated carbocycles. The summed E-state index contributed by atoms with van der Waals surface area (Å²) in [5.41, 5.74) is 0.764. The molecule has 4 nitrogen and oxygen atoms in total. The molecule has 0 aliphatic heterocycles. The lowest BCUT2D eigenvalue weighted by atomic mass is 10.1. The van der Waals surface area contributed by atoms with Gasteiger partial charge in [-0.05, 0) is 27.3 Å². The van der Waals surface area contributed by atoms with E-state index in [9.17, 15) is 13.2 Å². The van der Waals surface area contributed by atoms with Gasteiger partial charge in [0.1, 0.15) is 6.61 Å². The van der Waals surface area contributed by atoms with Crippen molar-refractivity contribution in [3.63, 3.8) is 0 Å². The second kappa shape index (κ2) is 7.28. The SMILES string of the molecule is CNC(CCOCC(F)(F)F)c1c(Cl)cnn1C(C)C. The molecule has 1 heterocycles. The standard InChI is InChI=1S/C12H19ClF3N3O/c1-8(2)19-11(9(13)6-18-19)10(17-3)4-5-20-7-12(14,15)16/h6,8,10,17H,4-5,7H2,1-3H3. The zero-order valence-corrected chi connectivity index (χ0v) is 12.4. The number of halogens is 4. The minimum atomic E-state index is -4.30. The fourth-order valence-corrected chi connectivity index (χ4v) is 2.16. The molecule has 1 atom stereocenters. The van der Waals surface area contributed by atoms with Crippen molar-refractivity contribution >= 4 is 11.6 Å². The van der Waals surface area contributed by atoms with Crippen molar-refractivity contribution in [2.24, 2.45) is 0 Å². The van der Waals surface area contributed by atoms with Crippen molar-refractivity contribution in [1.82, 2.24) is 15.1 Å². The molecule has 0 fully saturated rings. The van der Waals surface area contributed by atoms with Crippen LogP contribution in [0.3, 0.4) is 0 Å². The summed E-state index contributed by atoms with van der Waals surface area (Å²) >= 11 is 6.10. The maximum atomic E-state index is 12.0. The molecule has 0 bridgehead atoms. The molecule has 1 aromatic rings. The minimum absolute atomic E-state index is 0.00930. The predicted molar refractivity (Wildman–Crippen MR) is 70.9 cm³/mol. The number of nitrogens with one attached hydrogen (secondary N) is 1. The molecule has 0 amide bonds. The van der Waals surface area contributed by atoms with E-state index in [0.717, 1.165) is 5.69 Å². The molecule has 1 aromatic heterocycles. The number of rotatable bonds is 7. The van der Waals surface area contributed by atoms with E-state index in [1.165, 1.54) is 6.20 Å². The van der Waals surface area contributed by atoms with Crippen LogP contribution in [0, 0.1) is 0 Å². The molecule has 1 N–H and O–H groups in total. The molecule has 1 unspecified atom stereocenters. The highest BCUT2D eigenvalue weighted by molar-refractivity contribution is 6.31. The summed E-state index contributed by atoms with van der Waals surface area (Å²) in [5.74, 6) is 0. The zero-order chi connectivity index (χ0) is 15.3. The summed E-state index contributed by atoms with van der Waals surface area (Å²) in [4.78, 5) is 0. The van der Waals surface area contributed by atoms with Crippen LogP contribution in [0.25, 0.3) is 0 Å². The van der Waals surface area contributed by atoms with Crippen LogP contribution in [0.5, 0.6) is 0 Å². The van der Waals surface area contributed by atoms with Gasteiger partial charge in [0.05, 0.1) is 23.0 Å². The highest BCUT2D eigenvalue weighted by atomic mass is 35.5. The molecule has 8 heteroatoms. The normalized spacial score (nSPS) is 14.0. The van der Waals surface area contributed by atoms with Crippen LogP contribution in [-0.2, 0) is 4.74 Å². The third-order valence-corrected chi connectivity index (χ3v) is 3.06. The lowest BCUT2D eigenvalue weighted by Gasteiger charge is -2.20. The maximum absolute atomic E-state index is 12.0. The van der Waals surface area contributed by atoms with Gasteiger partial charge in [-0.2, -0.15) is 18.3 Å². The van der Waals surface area contributed by atoms with Gasteiger partial charge in [-0.3, -0.25) is 4.68 Å². The number of nitrogens with zero attached hydrogens (tertiary/aromatic N) is 2. The number of ether oxygens (including phenoxy) is 1. The predicted octanol–water partition coefficient (Wildman–Crippen LogP) is 3.35. The Kier molecular flexibility index (Phi) is 6.29. The van der Waals surface area contributed by atoms with Gasteiger partial charge in [0.15, 0.2) is 0 Å². The summed E-state index contributed by atoms with van der Waals surface area (Å²) in [6, 6.07) is -0.0925. The summed E-state index contributed by atoms with van der Waals surface area (Å²) in [5, 5.41) is 7.70. The van der Waals surface area contributed by atoms with Crippen molar-refractivity contribution in [2.45, 2.75) is 38.5 Å². The first-order chi connectivity index (χ1) is 9.26. The van der Waals surface area contributed by atoms with Gasteiger partial charge in [-0.1, -0.05) is 11.6 Å². The van der Waals surface area contributed by atoms with Gasteiger partial charge in [-0.15, -0.1) is 0 Å². The monoisotopic (exact) mass is 313 g/mol. The van der Waals surface area contributed by atoms with Crippen LogP contribution in [0.1, 0.15) is 38.0 Å². The van der Waals surface area contributed by atoms with Crippen LogP contribution in [-0.4, -0.2) is 36.2 Å². The number of hydrogen-bond acceptors (Lipinski definition) is 3. The first-order valence-corrected chi connectivity index (χ1v) is 6.68. The van der Waals surface area contributed by atoms with Crippen molar-refractivity contribution < 1.29 is 17.9 Å². The van der Waals surface area contributed by atoms with Gasteiger partial charge < -0.3 is 10.1 Å². The van der Waals surface area contributed by atoms with Crippen LogP contribution in [0.4, 0.5) is 13.2 Å². The average Bonchev–Trinajstić information content (AvgIpc) is 2.70. The van der Waals surface area contributed by atoms with Crippen molar-refractivity contribution in [2.75, 3.05) is 20.3 Å². The molecular formula is C12H19ClF3N3O. The van der Waals surface area contributed by atoms with Crippen LogP contribution in [0.15, 0.2) is 6.20 Å². The second-order valence-electron chi connectivity index (χ2n) is 4.71. The molecule has 0 aromatic carbocycles. The van der Waals surface area contributed by atoms with Crippen LogP contribution in [0.2, 0.25) is 5.02 Å². The third kappa shape index (κ3) is 4.96. The number of alkyl halides is 3.